The zero-order chi connectivity index (χ0) is 15.2. The third kappa shape index (κ3) is 4.99. The Kier molecular flexibility index (Phi) is 7.46. The highest BCUT2D eigenvalue weighted by Crippen LogP contribution is 2.23. The first kappa shape index (κ1) is 18.4. The van der Waals surface area contributed by atoms with Gasteiger partial charge in [0.05, 0.1) is 0 Å². The molecular weight excluding hydrogens is 399 g/mol. The molecule has 23 heavy (non-hydrogen) atoms. The molecule has 0 bridgehead atoms. The van der Waals surface area contributed by atoms with Gasteiger partial charge >= 0.3 is 0 Å². The highest BCUT2D eigenvalue weighted by molar-refractivity contribution is 14.0. The molecule has 2 fully saturated rings. The molecule has 1 aromatic rings. The summed E-state index contributed by atoms with van der Waals surface area (Å²) in [6, 6.07) is 10.7. The lowest BCUT2D eigenvalue weighted by molar-refractivity contribution is 0.488. The van der Waals surface area contributed by atoms with Gasteiger partial charge in [-0.15, -0.1) is 24.0 Å². The maximum absolute atomic E-state index is 4.91. The normalized spacial score (nSPS) is 21.4. The van der Waals surface area contributed by atoms with Crippen LogP contribution in [0.25, 0.3) is 0 Å². The minimum Gasteiger partial charge on any atom is -0.371 e. The molecule has 0 aliphatic carbocycles. The topological polar surface area (TPSA) is 30.9 Å². The summed E-state index contributed by atoms with van der Waals surface area (Å²) in [5, 5.41) is 3.45. The largest absolute Gasteiger partial charge is 0.371 e. The fourth-order valence-corrected chi connectivity index (χ4v) is 3.43. The molecule has 4 nitrogen and oxygen atoms in total. The molecule has 1 unspecified atom stereocenters. The van der Waals surface area contributed by atoms with Gasteiger partial charge in [0.2, 0.25) is 0 Å². The van der Waals surface area contributed by atoms with E-state index >= 15 is 0 Å². The molecule has 128 valence electrons. The second-order valence-electron chi connectivity index (χ2n) is 6.33. The Hall–Kier alpha value is -0.980. The molecule has 0 spiro atoms. The van der Waals surface area contributed by atoms with Crippen LogP contribution in [0.1, 0.15) is 26.2 Å². The van der Waals surface area contributed by atoms with E-state index in [0.717, 1.165) is 45.2 Å². The molecule has 0 amide bonds. The minimum atomic E-state index is 0. The monoisotopic (exact) mass is 428 g/mol. The zero-order valence-electron chi connectivity index (χ0n) is 14.1. The SMILES string of the molecule is CCNC(=NCC1CCN(c2ccccc2)C1)N1CCCC1.I. The fourth-order valence-electron chi connectivity index (χ4n) is 3.43. The van der Waals surface area contributed by atoms with Crippen LogP contribution in [0.15, 0.2) is 35.3 Å². The van der Waals surface area contributed by atoms with E-state index in [1.807, 2.05) is 0 Å². The van der Waals surface area contributed by atoms with Gasteiger partial charge in [-0.1, -0.05) is 18.2 Å². The van der Waals surface area contributed by atoms with Crippen LogP contribution in [0.2, 0.25) is 0 Å². The number of anilines is 1. The molecule has 0 aromatic heterocycles. The van der Waals surface area contributed by atoms with Crippen LogP contribution in [-0.2, 0) is 0 Å². The number of benzene rings is 1. The lowest BCUT2D eigenvalue weighted by atomic mass is 10.1. The van der Waals surface area contributed by atoms with E-state index in [4.69, 9.17) is 4.99 Å². The Bertz CT molecular complexity index is 485. The third-order valence-electron chi connectivity index (χ3n) is 4.65. The summed E-state index contributed by atoms with van der Waals surface area (Å²) >= 11 is 0. The number of halogens is 1. The summed E-state index contributed by atoms with van der Waals surface area (Å²) in [5.74, 6) is 1.80. The minimum absolute atomic E-state index is 0. The lowest BCUT2D eigenvalue weighted by Gasteiger charge is -2.21. The summed E-state index contributed by atoms with van der Waals surface area (Å²) in [6.45, 7) is 8.66. The van der Waals surface area contributed by atoms with Gasteiger partial charge in [0.25, 0.3) is 0 Å². The summed E-state index contributed by atoms with van der Waals surface area (Å²) in [5.41, 5.74) is 1.35. The number of likely N-dealkylation sites (tertiary alicyclic amines) is 1. The first-order valence-corrected chi connectivity index (χ1v) is 8.70. The quantitative estimate of drug-likeness (QED) is 0.454. The van der Waals surface area contributed by atoms with Gasteiger partial charge in [-0.05, 0) is 44.2 Å². The van der Waals surface area contributed by atoms with Crippen LogP contribution in [0, 0.1) is 5.92 Å². The molecule has 2 saturated heterocycles. The molecule has 0 saturated carbocycles. The molecule has 5 heteroatoms. The average Bonchev–Trinajstić information content (AvgIpc) is 3.24. The van der Waals surface area contributed by atoms with E-state index in [9.17, 15) is 0 Å². The number of aliphatic imine (C=N–C) groups is 1. The van der Waals surface area contributed by atoms with Crippen LogP contribution >= 0.6 is 24.0 Å². The van der Waals surface area contributed by atoms with E-state index in [-0.39, 0.29) is 24.0 Å². The molecule has 2 heterocycles. The van der Waals surface area contributed by atoms with Gasteiger partial charge in [-0.3, -0.25) is 4.99 Å². The number of hydrogen-bond acceptors (Lipinski definition) is 2. The van der Waals surface area contributed by atoms with Crippen molar-refractivity contribution in [1.82, 2.24) is 10.2 Å². The first-order chi connectivity index (χ1) is 10.9. The average molecular weight is 428 g/mol. The molecule has 2 aliphatic rings. The Morgan fingerprint density at radius 2 is 1.91 bits per heavy atom. The molecule has 1 aromatic carbocycles. The Morgan fingerprint density at radius 3 is 2.61 bits per heavy atom. The molecule has 1 N–H and O–H groups in total. The summed E-state index contributed by atoms with van der Waals surface area (Å²) in [6.07, 6.45) is 3.85. The van der Waals surface area contributed by atoms with Gasteiger partial charge in [0, 0.05) is 45.0 Å². The highest BCUT2D eigenvalue weighted by atomic mass is 127. The maximum atomic E-state index is 4.91. The van der Waals surface area contributed by atoms with Crippen molar-refractivity contribution in [3.8, 4) is 0 Å². The number of hydrogen-bond donors (Lipinski definition) is 1. The second-order valence-corrected chi connectivity index (χ2v) is 6.33. The van der Waals surface area contributed by atoms with Crippen LogP contribution in [-0.4, -0.2) is 50.1 Å². The van der Waals surface area contributed by atoms with Gasteiger partial charge in [-0.25, -0.2) is 0 Å². The summed E-state index contributed by atoms with van der Waals surface area (Å²) in [7, 11) is 0. The van der Waals surface area contributed by atoms with Gasteiger partial charge in [0.1, 0.15) is 0 Å². The highest BCUT2D eigenvalue weighted by Gasteiger charge is 2.23. The second kappa shape index (κ2) is 9.35. The van der Waals surface area contributed by atoms with Crippen molar-refractivity contribution in [3.05, 3.63) is 30.3 Å². The summed E-state index contributed by atoms with van der Waals surface area (Å²) < 4.78 is 0. The predicted molar refractivity (Wildman–Crippen MR) is 109 cm³/mol. The molecular formula is C18H29IN4. The number of guanidine groups is 1. The number of para-hydroxylation sites is 1. The van der Waals surface area contributed by atoms with Gasteiger partial charge < -0.3 is 15.1 Å². The predicted octanol–water partition coefficient (Wildman–Crippen LogP) is 3.19. The van der Waals surface area contributed by atoms with Crippen molar-refractivity contribution in [1.29, 1.82) is 0 Å². The standard InChI is InChI=1S/C18H28N4.HI/c1-2-19-18(21-11-6-7-12-21)20-14-16-10-13-22(15-16)17-8-4-3-5-9-17;/h3-5,8-9,16H,2,6-7,10-15H2,1H3,(H,19,20);1H. The van der Waals surface area contributed by atoms with E-state index in [1.165, 1.54) is 24.9 Å². The van der Waals surface area contributed by atoms with Crippen molar-refractivity contribution >= 4 is 35.6 Å². The van der Waals surface area contributed by atoms with Crippen LogP contribution < -0.4 is 10.2 Å². The molecule has 1 atom stereocenters. The summed E-state index contributed by atoms with van der Waals surface area (Å²) in [4.78, 5) is 9.81. The van der Waals surface area contributed by atoms with Crippen molar-refractivity contribution in [2.75, 3.05) is 44.2 Å². The molecule has 2 aliphatic heterocycles. The number of rotatable bonds is 4. The number of nitrogens with one attached hydrogen (secondary N) is 1. The Balaban J connectivity index is 0.00000192. The van der Waals surface area contributed by atoms with E-state index in [0.29, 0.717) is 5.92 Å². The maximum Gasteiger partial charge on any atom is 0.193 e. The van der Waals surface area contributed by atoms with Gasteiger partial charge in [-0.2, -0.15) is 0 Å². The third-order valence-corrected chi connectivity index (χ3v) is 4.65. The zero-order valence-corrected chi connectivity index (χ0v) is 16.4. The molecule has 3 rings (SSSR count). The lowest BCUT2D eigenvalue weighted by Crippen LogP contribution is -2.40. The van der Waals surface area contributed by atoms with Crippen molar-refractivity contribution < 1.29 is 0 Å². The van der Waals surface area contributed by atoms with Crippen LogP contribution in [0.4, 0.5) is 5.69 Å². The van der Waals surface area contributed by atoms with E-state index < -0.39 is 0 Å². The number of nitrogens with zero attached hydrogens (tertiary/aromatic N) is 3. The van der Waals surface area contributed by atoms with Gasteiger partial charge in [0.15, 0.2) is 5.96 Å². The molecule has 0 radical (unpaired) electrons. The fraction of sp³-hybridized carbons (Fsp3) is 0.611. The van der Waals surface area contributed by atoms with Crippen molar-refractivity contribution in [2.45, 2.75) is 26.2 Å². The van der Waals surface area contributed by atoms with E-state index in [2.05, 4.69) is 52.4 Å². The smallest absolute Gasteiger partial charge is 0.193 e. The van der Waals surface area contributed by atoms with Crippen LogP contribution in [0.5, 0.6) is 0 Å². The van der Waals surface area contributed by atoms with Crippen molar-refractivity contribution in [2.24, 2.45) is 10.9 Å². The Morgan fingerprint density at radius 1 is 1.17 bits per heavy atom. The van der Waals surface area contributed by atoms with E-state index in [1.54, 1.807) is 0 Å². The van der Waals surface area contributed by atoms with Crippen molar-refractivity contribution in [3.63, 3.8) is 0 Å². The van der Waals surface area contributed by atoms with Crippen LogP contribution in [0.3, 0.4) is 0 Å². The first-order valence-electron chi connectivity index (χ1n) is 8.70. The Labute approximate surface area is 157 Å².